The van der Waals surface area contributed by atoms with Gasteiger partial charge in [0.1, 0.15) is 0 Å². The van der Waals surface area contributed by atoms with Crippen molar-refractivity contribution in [3.8, 4) is 0 Å². The predicted molar refractivity (Wildman–Crippen MR) is 92.5 cm³/mol. The van der Waals surface area contributed by atoms with Crippen LogP contribution in [-0.2, 0) is 0 Å². The van der Waals surface area contributed by atoms with E-state index in [-0.39, 0.29) is 11.3 Å². The van der Waals surface area contributed by atoms with E-state index in [0.29, 0.717) is 0 Å². The van der Waals surface area contributed by atoms with Gasteiger partial charge in [0.15, 0.2) is 0 Å². The van der Waals surface area contributed by atoms with Crippen LogP contribution in [0.1, 0.15) is 24.2 Å². The first-order valence-corrected chi connectivity index (χ1v) is 8.59. The third-order valence-electron chi connectivity index (χ3n) is 3.16. The van der Waals surface area contributed by atoms with Crippen molar-refractivity contribution in [2.75, 3.05) is 0 Å². The van der Waals surface area contributed by atoms with E-state index in [9.17, 15) is 0 Å². The Labute approximate surface area is 138 Å². The van der Waals surface area contributed by atoms with Gasteiger partial charge < -0.3 is 5.73 Å². The molecule has 0 aliphatic rings. The zero-order valence-electron chi connectivity index (χ0n) is 11.2. The van der Waals surface area contributed by atoms with Crippen molar-refractivity contribution in [1.82, 2.24) is 0 Å². The first-order chi connectivity index (χ1) is 9.63. The molecule has 0 aromatic heterocycles. The minimum Gasteiger partial charge on any atom is -0.326 e. The van der Waals surface area contributed by atoms with Crippen molar-refractivity contribution in [2.45, 2.75) is 29.5 Å². The Morgan fingerprint density at radius 2 is 1.80 bits per heavy atom. The van der Waals surface area contributed by atoms with Crippen LogP contribution in [-0.4, -0.2) is 6.04 Å². The highest BCUT2D eigenvalue weighted by atomic mass is 79.9. The second kappa shape index (κ2) is 7.51. The minimum atomic E-state index is 0.0620. The van der Waals surface area contributed by atoms with Crippen LogP contribution in [0.4, 0.5) is 0 Å². The molecule has 2 aromatic carbocycles. The number of hydrogen-bond acceptors (Lipinski definition) is 2. The van der Waals surface area contributed by atoms with E-state index in [4.69, 9.17) is 17.3 Å². The van der Waals surface area contributed by atoms with E-state index in [0.717, 1.165) is 21.5 Å². The molecule has 106 valence electrons. The summed E-state index contributed by atoms with van der Waals surface area (Å²) in [5.41, 5.74) is 7.42. The Balaban J connectivity index is 2.35. The van der Waals surface area contributed by atoms with Gasteiger partial charge in [-0.15, -0.1) is 11.8 Å². The zero-order chi connectivity index (χ0) is 14.5. The molecule has 0 aliphatic heterocycles. The van der Waals surface area contributed by atoms with E-state index in [1.807, 2.05) is 36.4 Å². The van der Waals surface area contributed by atoms with Crippen molar-refractivity contribution in [2.24, 2.45) is 5.73 Å². The molecule has 2 atom stereocenters. The Bertz CT molecular complexity index is 576. The molecule has 0 heterocycles. The fraction of sp³-hybridized carbons (Fsp3) is 0.250. The van der Waals surface area contributed by atoms with Gasteiger partial charge in [-0.1, -0.05) is 48.9 Å². The first-order valence-electron chi connectivity index (χ1n) is 6.54. The van der Waals surface area contributed by atoms with Crippen molar-refractivity contribution >= 4 is 39.3 Å². The minimum absolute atomic E-state index is 0.0620. The summed E-state index contributed by atoms with van der Waals surface area (Å²) in [5.74, 6) is 0. The zero-order valence-corrected chi connectivity index (χ0v) is 14.4. The summed E-state index contributed by atoms with van der Waals surface area (Å²) in [7, 11) is 0. The SMILES string of the molecule is CCC(N)C(Sc1ccccc1Br)c1ccccc1Cl. The van der Waals surface area contributed by atoms with Gasteiger partial charge in [-0.05, 0) is 46.1 Å². The highest BCUT2D eigenvalue weighted by Gasteiger charge is 2.22. The number of hydrogen-bond donors (Lipinski definition) is 1. The number of nitrogens with two attached hydrogens (primary N) is 1. The number of halogens is 2. The topological polar surface area (TPSA) is 26.0 Å². The van der Waals surface area contributed by atoms with Crippen LogP contribution in [0, 0.1) is 0 Å². The van der Waals surface area contributed by atoms with E-state index in [2.05, 4.69) is 35.0 Å². The van der Waals surface area contributed by atoms with Crippen LogP contribution >= 0.6 is 39.3 Å². The smallest absolute Gasteiger partial charge is 0.0510 e. The van der Waals surface area contributed by atoms with Gasteiger partial charge in [-0.25, -0.2) is 0 Å². The maximum absolute atomic E-state index is 6.35. The fourth-order valence-electron chi connectivity index (χ4n) is 1.98. The summed E-state index contributed by atoms with van der Waals surface area (Å²) in [6.45, 7) is 2.11. The monoisotopic (exact) mass is 369 g/mol. The molecule has 2 rings (SSSR count). The van der Waals surface area contributed by atoms with E-state index in [1.165, 1.54) is 4.90 Å². The fourth-order valence-corrected chi connectivity index (χ4v) is 4.17. The Hall–Kier alpha value is -0.480. The van der Waals surface area contributed by atoms with Crippen molar-refractivity contribution < 1.29 is 0 Å². The van der Waals surface area contributed by atoms with Crippen molar-refractivity contribution in [3.05, 3.63) is 63.6 Å². The highest BCUT2D eigenvalue weighted by molar-refractivity contribution is 9.10. The third-order valence-corrected chi connectivity index (χ3v) is 5.93. The van der Waals surface area contributed by atoms with Crippen LogP contribution in [0.3, 0.4) is 0 Å². The molecule has 2 N–H and O–H groups in total. The lowest BCUT2D eigenvalue weighted by Gasteiger charge is -2.24. The number of thioether (sulfide) groups is 1. The Morgan fingerprint density at radius 3 is 2.45 bits per heavy atom. The second-order valence-corrected chi connectivity index (χ2v) is 7.01. The molecular weight excluding hydrogens is 354 g/mol. The molecule has 1 nitrogen and oxygen atoms in total. The number of rotatable bonds is 5. The molecule has 0 saturated heterocycles. The van der Waals surface area contributed by atoms with Gasteiger partial charge in [0.2, 0.25) is 0 Å². The van der Waals surface area contributed by atoms with E-state index in [1.54, 1.807) is 11.8 Å². The largest absolute Gasteiger partial charge is 0.326 e. The predicted octanol–water partition coefficient (Wildman–Crippen LogP) is 5.67. The van der Waals surface area contributed by atoms with Crippen LogP contribution in [0.5, 0.6) is 0 Å². The van der Waals surface area contributed by atoms with Crippen LogP contribution in [0.2, 0.25) is 5.02 Å². The molecule has 0 spiro atoms. The maximum atomic E-state index is 6.35. The first kappa shape index (κ1) is 15.9. The van der Waals surface area contributed by atoms with Crippen LogP contribution in [0.25, 0.3) is 0 Å². The van der Waals surface area contributed by atoms with Gasteiger partial charge in [-0.3, -0.25) is 0 Å². The summed E-state index contributed by atoms with van der Waals surface area (Å²) >= 11 is 11.7. The second-order valence-electron chi connectivity index (χ2n) is 4.56. The summed E-state index contributed by atoms with van der Waals surface area (Å²) in [6, 6.07) is 16.2. The molecule has 0 fully saturated rings. The molecular formula is C16H17BrClNS. The molecule has 20 heavy (non-hydrogen) atoms. The molecule has 4 heteroatoms. The lowest BCUT2D eigenvalue weighted by Crippen LogP contribution is -2.25. The van der Waals surface area contributed by atoms with Gasteiger partial charge >= 0.3 is 0 Å². The quantitative estimate of drug-likeness (QED) is 0.686. The Morgan fingerprint density at radius 1 is 1.15 bits per heavy atom. The molecule has 2 aromatic rings. The average Bonchev–Trinajstić information content (AvgIpc) is 2.47. The van der Waals surface area contributed by atoms with Crippen LogP contribution in [0.15, 0.2) is 57.9 Å². The summed E-state index contributed by atoms with van der Waals surface area (Å²) in [6.07, 6.45) is 0.910. The average molecular weight is 371 g/mol. The third kappa shape index (κ3) is 3.79. The summed E-state index contributed by atoms with van der Waals surface area (Å²) < 4.78 is 1.09. The lowest BCUT2D eigenvalue weighted by atomic mass is 10.0. The number of benzene rings is 2. The molecule has 0 aliphatic carbocycles. The van der Waals surface area contributed by atoms with E-state index < -0.39 is 0 Å². The highest BCUT2D eigenvalue weighted by Crippen LogP contribution is 2.43. The van der Waals surface area contributed by atoms with Crippen LogP contribution < -0.4 is 5.73 Å². The van der Waals surface area contributed by atoms with E-state index >= 15 is 0 Å². The molecule has 0 amide bonds. The molecule has 2 unspecified atom stereocenters. The maximum Gasteiger partial charge on any atom is 0.0510 e. The molecule has 0 saturated carbocycles. The summed E-state index contributed by atoms with van der Waals surface area (Å²) in [5, 5.41) is 0.924. The van der Waals surface area contributed by atoms with Crippen molar-refractivity contribution in [1.29, 1.82) is 0 Å². The summed E-state index contributed by atoms with van der Waals surface area (Å²) in [4.78, 5) is 1.18. The van der Waals surface area contributed by atoms with Gasteiger partial charge in [-0.2, -0.15) is 0 Å². The standard InChI is InChI=1S/C16H17BrClNS/c1-2-14(19)16(11-7-3-5-9-13(11)18)20-15-10-6-4-8-12(15)17/h3-10,14,16H,2,19H2,1H3. The van der Waals surface area contributed by atoms with Crippen molar-refractivity contribution in [3.63, 3.8) is 0 Å². The Kier molecular flexibility index (Phi) is 5.97. The molecule has 0 radical (unpaired) electrons. The lowest BCUT2D eigenvalue weighted by molar-refractivity contribution is 0.634. The van der Waals surface area contributed by atoms with Gasteiger partial charge in [0.05, 0.1) is 5.25 Å². The normalized spacial score (nSPS) is 14.0. The van der Waals surface area contributed by atoms with Gasteiger partial charge in [0.25, 0.3) is 0 Å². The molecule has 0 bridgehead atoms. The van der Waals surface area contributed by atoms with Gasteiger partial charge in [0, 0.05) is 20.4 Å².